The first-order chi connectivity index (χ1) is 8.54. The van der Waals surface area contributed by atoms with Crippen molar-refractivity contribution < 1.29 is 9.18 Å². The van der Waals surface area contributed by atoms with E-state index in [0.717, 1.165) is 0 Å². The van der Waals surface area contributed by atoms with Crippen LogP contribution in [0.15, 0.2) is 22.7 Å². The molecule has 0 radical (unpaired) electrons. The van der Waals surface area contributed by atoms with Crippen molar-refractivity contribution in [1.82, 2.24) is 9.97 Å². The van der Waals surface area contributed by atoms with Gasteiger partial charge in [-0.1, -0.05) is 17.7 Å². The van der Waals surface area contributed by atoms with Crippen LogP contribution in [-0.4, -0.2) is 16.3 Å². The molecule has 0 unspecified atom stereocenters. The second-order valence-electron chi connectivity index (χ2n) is 3.54. The summed E-state index contributed by atoms with van der Waals surface area (Å²) in [5, 5.41) is 0.0203. The molecule has 0 spiro atoms. The molecule has 2 rings (SSSR count). The average molecular weight is 330 g/mol. The van der Waals surface area contributed by atoms with Crippen molar-refractivity contribution in [2.75, 3.05) is 0 Å². The Hall–Kier alpha value is -1.33. The van der Waals surface area contributed by atoms with Crippen molar-refractivity contribution in [3.63, 3.8) is 0 Å². The highest BCUT2D eigenvalue weighted by Gasteiger charge is 2.17. The number of hydrogen-bond donors (Lipinski definition) is 0. The van der Waals surface area contributed by atoms with Crippen molar-refractivity contribution in [3.8, 4) is 11.3 Å². The fourth-order valence-corrected chi connectivity index (χ4v) is 2.17. The van der Waals surface area contributed by atoms with Crippen LogP contribution in [0, 0.1) is 12.7 Å². The molecule has 0 fully saturated rings. The molecule has 0 bridgehead atoms. The van der Waals surface area contributed by atoms with Crippen molar-refractivity contribution in [3.05, 3.63) is 45.0 Å². The summed E-state index contributed by atoms with van der Waals surface area (Å²) in [7, 11) is 0. The number of carbonyl (C=O) groups excluding carboxylic acids is 1. The van der Waals surface area contributed by atoms with E-state index in [2.05, 4.69) is 25.9 Å². The van der Waals surface area contributed by atoms with Gasteiger partial charge in [0.05, 0.1) is 15.7 Å². The van der Waals surface area contributed by atoms with E-state index in [0.29, 0.717) is 16.6 Å². The van der Waals surface area contributed by atoms with E-state index < -0.39 is 5.82 Å². The van der Waals surface area contributed by atoms with E-state index >= 15 is 0 Å². The summed E-state index contributed by atoms with van der Waals surface area (Å²) in [4.78, 5) is 19.0. The number of nitrogens with zero attached hydrogens (tertiary/aromatic N) is 2. The number of hydrogen-bond acceptors (Lipinski definition) is 3. The Kier molecular flexibility index (Phi) is 3.73. The normalized spacial score (nSPS) is 10.4. The van der Waals surface area contributed by atoms with E-state index in [1.54, 1.807) is 19.1 Å². The molecule has 0 aliphatic heterocycles. The SMILES string of the molecule is Cc1nc(Cl)c(C=O)c(-c2cccc(Br)c2F)n1. The maximum atomic E-state index is 14.0. The van der Waals surface area contributed by atoms with Crippen LogP contribution < -0.4 is 0 Å². The molecule has 0 N–H and O–H groups in total. The van der Waals surface area contributed by atoms with Crippen LogP contribution in [0.2, 0.25) is 5.15 Å². The molecule has 0 aliphatic rings. The van der Waals surface area contributed by atoms with Gasteiger partial charge in [-0.25, -0.2) is 14.4 Å². The van der Waals surface area contributed by atoms with Crippen LogP contribution in [-0.2, 0) is 0 Å². The lowest BCUT2D eigenvalue weighted by molar-refractivity contribution is 0.112. The number of aldehydes is 1. The molecule has 3 nitrogen and oxygen atoms in total. The summed E-state index contributed by atoms with van der Waals surface area (Å²) in [5.41, 5.74) is 0.486. The molecule has 1 aromatic carbocycles. The minimum atomic E-state index is -0.491. The molecule has 18 heavy (non-hydrogen) atoms. The van der Waals surface area contributed by atoms with Crippen LogP contribution >= 0.6 is 27.5 Å². The van der Waals surface area contributed by atoms with Gasteiger partial charge in [0.25, 0.3) is 0 Å². The smallest absolute Gasteiger partial charge is 0.155 e. The lowest BCUT2D eigenvalue weighted by Crippen LogP contribution is -2.01. The molecule has 6 heteroatoms. The minimum Gasteiger partial charge on any atom is -0.298 e. The van der Waals surface area contributed by atoms with Gasteiger partial charge in [0.2, 0.25) is 0 Å². The zero-order valence-electron chi connectivity index (χ0n) is 9.25. The number of aromatic nitrogens is 2. The Balaban J connectivity index is 2.78. The summed E-state index contributed by atoms with van der Waals surface area (Å²) in [6, 6.07) is 4.75. The first kappa shape index (κ1) is 13.1. The number of aryl methyl sites for hydroxylation is 1. The summed E-state index contributed by atoms with van der Waals surface area (Å²) in [6.07, 6.45) is 0.525. The Labute approximate surface area is 116 Å². The van der Waals surface area contributed by atoms with Gasteiger partial charge in [-0.2, -0.15) is 0 Å². The van der Waals surface area contributed by atoms with Gasteiger partial charge in [0.15, 0.2) is 6.29 Å². The number of halogens is 3. The van der Waals surface area contributed by atoms with E-state index in [-0.39, 0.29) is 22.0 Å². The molecule has 1 heterocycles. The van der Waals surface area contributed by atoms with Crippen LogP contribution in [0.1, 0.15) is 16.2 Å². The van der Waals surface area contributed by atoms with Gasteiger partial charge in [-0.3, -0.25) is 4.79 Å². The maximum Gasteiger partial charge on any atom is 0.155 e. The third-order valence-electron chi connectivity index (χ3n) is 2.34. The highest BCUT2D eigenvalue weighted by atomic mass is 79.9. The lowest BCUT2D eigenvalue weighted by atomic mass is 10.1. The molecule has 0 atom stereocenters. The molecular weight excluding hydrogens is 322 g/mol. The van der Waals surface area contributed by atoms with E-state index in [1.807, 2.05) is 0 Å². The highest BCUT2D eigenvalue weighted by molar-refractivity contribution is 9.10. The zero-order chi connectivity index (χ0) is 13.3. The molecular formula is C12H7BrClFN2O. The quantitative estimate of drug-likeness (QED) is 0.621. The van der Waals surface area contributed by atoms with Crippen molar-refractivity contribution in [1.29, 1.82) is 0 Å². The van der Waals surface area contributed by atoms with Crippen LogP contribution in [0.4, 0.5) is 4.39 Å². The lowest BCUT2D eigenvalue weighted by Gasteiger charge is -2.08. The first-order valence-electron chi connectivity index (χ1n) is 4.98. The van der Waals surface area contributed by atoms with Gasteiger partial charge in [-0.05, 0) is 35.0 Å². The van der Waals surface area contributed by atoms with E-state index in [1.165, 1.54) is 6.07 Å². The number of benzene rings is 1. The summed E-state index contributed by atoms with van der Waals surface area (Å²) in [6.45, 7) is 1.62. The standard InChI is InChI=1S/C12H7BrClFN2O/c1-6-16-11(8(5-18)12(14)17-6)7-3-2-4-9(13)10(7)15/h2-5H,1H3. The minimum absolute atomic E-state index is 0.0203. The summed E-state index contributed by atoms with van der Waals surface area (Å²) in [5.74, 6) is -0.116. The molecule has 2 aromatic rings. The van der Waals surface area contributed by atoms with Crippen molar-refractivity contribution in [2.24, 2.45) is 0 Å². The maximum absolute atomic E-state index is 14.0. The Bertz CT molecular complexity index is 634. The average Bonchev–Trinajstić information content (AvgIpc) is 2.32. The monoisotopic (exact) mass is 328 g/mol. The summed E-state index contributed by atoms with van der Waals surface area (Å²) < 4.78 is 14.3. The van der Waals surface area contributed by atoms with Gasteiger partial charge in [0, 0.05) is 5.56 Å². The second-order valence-corrected chi connectivity index (χ2v) is 4.76. The Morgan fingerprint density at radius 2 is 2.11 bits per heavy atom. The predicted molar refractivity (Wildman–Crippen MR) is 70.3 cm³/mol. The molecule has 0 saturated carbocycles. The van der Waals surface area contributed by atoms with Crippen molar-refractivity contribution >= 4 is 33.8 Å². The first-order valence-corrected chi connectivity index (χ1v) is 6.15. The van der Waals surface area contributed by atoms with Crippen LogP contribution in [0.5, 0.6) is 0 Å². The van der Waals surface area contributed by atoms with Crippen LogP contribution in [0.25, 0.3) is 11.3 Å². The van der Waals surface area contributed by atoms with E-state index in [9.17, 15) is 9.18 Å². The fraction of sp³-hybridized carbons (Fsp3) is 0.0833. The molecule has 0 amide bonds. The third-order valence-corrected chi connectivity index (χ3v) is 3.24. The molecule has 92 valence electrons. The van der Waals surface area contributed by atoms with Gasteiger partial charge >= 0.3 is 0 Å². The zero-order valence-corrected chi connectivity index (χ0v) is 11.6. The van der Waals surface area contributed by atoms with Gasteiger partial charge in [0.1, 0.15) is 16.8 Å². The summed E-state index contributed by atoms with van der Waals surface area (Å²) >= 11 is 8.95. The second kappa shape index (κ2) is 5.12. The third kappa shape index (κ3) is 2.28. The Morgan fingerprint density at radius 3 is 2.78 bits per heavy atom. The molecule has 1 aromatic heterocycles. The van der Waals surface area contributed by atoms with Gasteiger partial charge < -0.3 is 0 Å². The molecule has 0 saturated heterocycles. The Morgan fingerprint density at radius 1 is 1.39 bits per heavy atom. The number of carbonyl (C=O) groups is 1. The van der Waals surface area contributed by atoms with Crippen LogP contribution in [0.3, 0.4) is 0 Å². The predicted octanol–water partition coefficient (Wildman–Crippen LogP) is 3.82. The van der Waals surface area contributed by atoms with Gasteiger partial charge in [-0.15, -0.1) is 0 Å². The van der Waals surface area contributed by atoms with Crippen molar-refractivity contribution in [2.45, 2.75) is 6.92 Å². The number of rotatable bonds is 2. The molecule has 0 aliphatic carbocycles. The topological polar surface area (TPSA) is 42.9 Å². The fourth-order valence-electron chi connectivity index (χ4n) is 1.54. The largest absolute Gasteiger partial charge is 0.298 e. The highest BCUT2D eigenvalue weighted by Crippen LogP contribution is 2.30. The van der Waals surface area contributed by atoms with E-state index in [4.69, 9.17) is 11.6 Å².